The molecule has 0 aliphatic carbocycles. The Morgan fingerprint density at radius 1 is 1.20 bits per heavy atom. The molecule has 0 fully saturated rings. The van der Waals surface area contributed by atoms with E-state index in [9.17, 15) is 4.39 Å². The van der Waals surface area contributed by atoms with Gasteiger partial charge in [-0.3, -0.25) is 4.40 Å². The van der Waals surface area contributed by atoms with Crippen LogP contribution in [0.15, 0.2) is 39.4 Å². The third kappa shape index (κ3) is 2.13. The lowest BCUT2D eigenvalue weighted by Crippen LogP contribution is -1.95. The molecular formula is C14H10Br2FN3. The van der Waals surface area contributed by atoms with Crippen molar-refractivity contribution in [1.29, 1.82) is 0 Å². The third-order valence-electron chi connectivity index (χ3n) is 3.13. The van der Waals surface area contributed by atoms with Gasteiger partial charge in [-0.05, 0) is 68.6 Å². The maximum Gasteiger partial charge on any atom is 0.139 e. The molecule has 0 bridgehead atoms. The van der Waals surface area contributed by atoms with Crippen LogP contribution in [0.5, 0.6) is 0 Å². The number of benzene rings is 1. The zero-order chi connectivity index (χ0) is 14.4. The predicted octanol–water partition coefficient (Wildman–Crippen LogP) is 4.56. The number of imidazole rings is 1. The summed E-state index contributed by atoms with van der Waals surface area (Å²) in [5, 5.41) is 0. The number of fused-ring (bicyclic) bond motifs is 1. The number of pyridine rings is 1. The lowest BCUT2D eigenvalue weighted by Gasteiger charge is -2.02. The fourth-order valence-corrected chi connectivity index (χ4v) is 2.73. The zero-order valence-corrected chi connectivity index (χ0v) is 13.7. The Bertz CT molecular complexity index is 827. The molecule has 1 aromatic carbocycles. The van der Waals surface area contributed by atoms with Crippen molar-refractivity contribution in [2.45, 2.75) is 6.92 Å². The normalized spacial score (nSPS) is 11.2. The number of nitrogens with two attached hydrogens (primary N) is 1. The highest BCUT2D eigenvalue weighted by Crippen LogP contribution is 2.31. The second-order valence-corrected chi connectivity index (χ2v) is 6.22. The molecule has 0 atom stereocenters. The van der Waals surface area contributed by atoms with Crippen molar-refractivity contribution in [3.05, 3.63) is 50.8 Å². The number of nitrogens with zero attached hydrogens (tertiary/aromatic N) is 2. The number of anilines is 1. The van der Waals surface area contributed by atoms with Crippen LogP contribution in [0.2, 0.25) is 0 Å². The van der Waals surface area contributed by atoms with E-state index in [1.807, 2.05) is 23.6 Å². The Balaban J connectivity index is 2.26. The lowest BCUT2D eigenvalue weighted by molar-refractivity contribution is 0.621. The highest BCUT2D eigenvalue weighted by molar-refractivity contribution is 9.10. The molecule has 2 aromatic heterocycles. The Labute approximate surface area is 131 Å². The number of aromatic nitrogens is 2. The van der Waals surface area contributed by atoms with Crippen LogP contribution in [0.1, 0.15) is 5.56 Å². The smallest absolute Gasteiger partial charge is 0.139 e. The number of hydrogen-bond acceptors (Lipinski definition) is 2. The van der Waals surface area contributed by atoms with Gasteiger partial charge in [0.25, 0.3) is 0 Å². The van der Waals surface area contributed by atoms with Crippen LogP contribution in [-0.2, 0) is 0 Å². The van der Waals surface area contributed by atoms with Crippen LogP contribution in [0.25, 0.3) is 16.9 Å². The molecule has 0 radical (unpaired) electrons. The molecule has 0 saturated carbocycles. The average molecular weight is 399 g/mol. The minimum atomic E-state index is -0.310. The summed E-state index contributed by atoms with van der Waals surface area (Å²) < 4.78 is 16.5. The molecule has 3 aromatic rings. The Kier molecular flexibility index (Phi) is 3.30. The van der Waals surface area contributed by atoms with E-state index in [1.165, 1.54) is 6.07 Å². The minimum Gasteiger partial charge on any atom is -0.383 e. The van der Waals surface area contributed by atoms with Crippen LogP contribution >= 0.6 is 31.9 Å². The SMILES string of the molecule is Cc1cc2nc(-c3ccc(F)c(Br)c3)c(N)n2cc1Br. The molecule has 6 heteroatoms. The molecule has 102 valence electrons. The highest BCUT2D eigenvalue weighted by atomic mass is 79.9. The monoisotopic (exact) mass is 397 g/mol. The van der Waals surface area contributed by atoms with E-state index in [4.69, 9.17) is 5.73 Å². The molecule has 0 saturated heterocycles. The van der Waals surface area contributed by atoms with Crippen LogP contribution < -0.4 is 5.73 Å². The van der Waals surface area contributed by atoms with E-state index < -0.39 is 0 Å². The fraction of sp³-hybridized carbons (Fsp3) is 0.0714. The Hall–Kier alpha value is -1.40. The maximum absolute atomic E-state index is 13.3. The molecule has 0 aliphatic rings. The molecule has 2 heterocycles. The minimum absolute atomic E-state index is 0.310. The zero-order valence-electron chi connectivity index (χ0n) is 10.5. The number of hydrogen-bond donors (Lipinski definition) is 1. The topological polar surface area (TPSA) is 43.3 Å². The first-order valence-electron chi connectivity index (χ1n) is 5.86. The molecule has 0 spiro atoms. The quantitative estimate of drug-likeness (QED) is 0.653. The number of nitrogen functional groups attached to an aromatic ring is 1. The average Bonchev–Trinajstić information content (AvgIpc) is 2.71. The van der Waals surface area contributed by atoms with Crippen LogP contribution in [0, 0.1) is 12.7 Å². The van der Waals surface area contributed by atoms with Gasteiger partial charge in [0.2, 0.25) is 0 Å². The van der Waals surface area contributed by atoms with Crippen molar-refractivity contribution in [3.63, 3.8) is 0 Å². The van der Waals surface area contributed by atoms with Crippen molar-refractivity contribution >= 4 is 43.3 Å². The second-order valence-electron chi connectivity index (χ2n) is 4.51. The molecule has 0 aliphatic heterocycles. The first-order valence-corrected chi connectivity index (χ1v) is 7.45. The summed E-state index contributed by atoms with van der Waals surface area (Å²) in [4.78, 5) is 4.53. The molecule has 0 unspecified atom stereocenters. The summed E-state index contributed by atoms with van der Waals surface area (Å²) in [6, 6.07) is 6.68. The van der Waals surface area contributed by atoms with Gasteiger partial charge in [0.05, 0.1) is 4.47 Å². The van der Waals surface area contributed by atoms with E-state index >= 15 is 0 Å². The van der Waals surface area contributed by atoms with E-state index in [0.29, 0.717) is 16.0 Å². The Morgan fingerprint density at radius 2 is 1.95 bits per heavy atom. The summed E-state index contributed by atoms with van der Waals surface area (Å²) in [5.74, 6) is 0.217. The summed E-state index contributed by atoms with van der Waals surface area (Å²) in [6.07, 6.45) is 1.88. The van der Waals surface area contributed by atoms with Gasteiger partial charge in [-0.15, -0.1) is 0 Å². The van der Waals surface area contributed by atoms with E-state index in [2.05, 4.69) is 36.8 Å². The standard InChI is InChI=1S/C14H10Br2FN3/c1-7-4-12-19-13(14(18)20(12)6-10(7)16)8-2-3-11(17)9(15)5-8/h2-6H,18H2,1H3. The number of halogens is 3. The van der Waals surface area contributed by atoms with Gasteiger partial charge >= 0.3 is 0 Å². The predicted molar refractivity (Wildman–Crippen MR) is 85.1 cm³/mol. The molecule has 20 heavy (non-hydrogen) atoms. The maximum atomic E-state index is 13.3. The van der Waals surface area contributed by atoms with Gasteiger partial charge in [-0.1, -0.05) is 0 Å². The number of aryl methyl sites for hydroxylation is 1. The first-order chi connectivity index (χ1) is 9.47. The molecule has 0 amide bonds. The van der Waals surface area contributed by atoms with Gasteiger partial charge in [-0.25, -0.2) is 9.37 Å². The Morgan fingerprint density at radius 3 is 2.65 bits per heavy atom. The highest BCUT2D eigenvalue weighted by Gasteiger charge is 2.13. The van der Waals surface area contributed by atoms with Crippen molar-refractivity contribution in [2.75, 3.05) is 5.73 Å². The van der Waals surface area contributed by atoms with Gasteiger partial charge in [0, 0.05) is 16.2 Å². The van der Waals surface area contributed by atoms with Gasteiger partial charge in [0.1, 0.15) is 23.0 Å². The summed E-state index contributed by atoms with van der Waals surface area (Å²) in [6.45, 7) is 1.99. The molecule has 3 nitrogen and oxygen atoms in total. The summed E-state index contributed by atoms with van der Waals surface area (Å²) in [5.41, 5.74) is 9.40. The van der Waals surface area contributed by atoms with Crippen LogP contribution in [0.4, 0.5) is 10.2 Å². The number of rotatable bonds is 1. The van der Waals surface area contributed by atoms with Crippen molar-refractivity contribution in [2.24, 2.45) is 0 Å². The van der Waals surface area contributed by atoms with Gasteiger partial charge < -0.3 is 5.73 Å². The van der Waals surface area contributed by atoms with Crippen LogP contribution in [-0.4, -0.2) is 9.38 Å². The first kappa shape index (κ1) is 13.6. The lowest BCUT2D eigenvalue weighted by atomic mass is 10.1. The van der Waals surface area contributed by atoms with Crippen LogP contribution in [0.3, 0.4) is 0 Å². The molecule has 2 N–H and O–H groups in total. The van der Waals surface area contributed by atoms with E-state index in [-0.39, 0.29) is 5.82 Å². The van der Waals surface area contributed by atoms with Crippen molar-refractivity contribution < 1.29 is 4.39 Å². The van der Waals surface area contributed by atoms with Crippen molar-refractivity contribution in [1.82, 2.24) is 9.38 Å². The van der Waals surface area contributed by atoms with E-state index in [0.717, 1.165) is 21.2 Å². The third-order valence-corrected chi connectivity index (χ3v) is 4.57. The fourth-order valence-electron chi connectivity index (χ4n) is 2.03. The summed E-state index contributed by atoms with van der Waals surface area (Å²) in [7, 11) is 0. The summed E-state index contributed by atoms with van der Waals surface area (Å²) >= 11 is 6.65. The molecular weight excluding hydrogens is 389 g/mol. The van der Waals surface area contributed by atoms with Crippen molar-refractivity contribution in [3.8, 4) is 11.3 Å². The van der Waals surface area contributed by atoms with Gasteiger partial charge in [0.15, 0.2) is 0 Å². The van der Waals surface area contributed by atoms with E-state index in [1.54, 1.807) is 12.1 Å². The molecule has 3 rings (SSSR count). The second kappa shape index (κ2) is 4.86. The van der Waals surface area contributed by atoms with Gasteiger partial charge in [-0.2, -0.15) is 0 Å². The largest absolute Gasteiger partial charge is 0.383 e.